The first-order valence-electron chi connectivity index (χ1n) is 8.75. The van der Waals surface area contributed by atoms with Gasteiger partial charge >= 0.3 is 0 Å². The van der Waals surface area contributed by atoms with Gasteiger partial charge in [0.15, 0.2) is 0 Å². The predicted octanol–water partition coefficient (Wildman–Crippen LogP) is 4.22. The molecule has 0 saturated heterocycles. The van der Waals surface area contributed by atoms with Crippen LogP contribution >= 0.6 is 10.9 Å². The Kier molecular flexibility index (Phi) is 11.1. The molecule has 0 fully saturated rings. The molecule has 0 aliphatic carbocycles. The van der Waals surface area contributed by atoms with Crippen molar-refractivity contribution in [1.82, 2.24) is 5.32 Å². The highest BCUT2D eigenvalue weighted by Gasteiger charge is 2.29. The summed E-state index contributed by atoms with van der Waals surface area (Å²) < 4.78 is 17.3. The van der Waals surface area contributed by atoms with Gasteiger partial charge in [-0.05, 0) is 39.5 Å². The predicted molar refractivity (Wildman–Crippen MR) is 98.2 cm³/mol. The molecule has 0 heterocycles. The molecule has 5 nitrogen and oxygen atoms in total. The Balaban J connectivity index is 4.41. The van der Waals surface area contributed by atoms with Crippen LogP contribution in [0.1, 0.15) is 61.3 Å². The fourth-order valence-corrected chi connectivity index (χ4v) is 4.75. The molecular formula is C17H37NO4S. The molecule has 140 valence electrons. The molecule has 0 radical (unpaired) electrons. The average Bonchev–Trinajstić information content (AvgIpc) is 2.43. The van der Waals surface area contributed by atoms with Crippen molar-refractivity contribution in [1.29, 1.82) is 0 Å². The van der Waals surface area contributed by atoms with Gasteiger partial charge in [0.1, 0.15) is 0 Å². The van der Waals surface area contributed by atoms with Crippen molar-refractivity contribution < 1.29 is 17.3 Å². The Morgan fingerprint density at radius 1 is 1.04 bits per heavy atom. The summed E-state index contributed by atoms with van der Waals surface area (Å²) in [6.07, 6.45) is 1.66. The monoisotopic (exact) mass is 351 g/mol. The summed E-state index contributed by atoms with van der Waals surface area (Å²) in [5.41, 5.74) is -0.335. The summed E-state index contributed by atoms with van der Waals surface area (Å²) in [6.45, 7) is 16.4. The van der Waals surface area contributed by atoms with E-state index in [4.69, 9.17) is 12.5 Å². The SMILES string of the molecule is CCOS(CCCNC(=O)C(C)(C)CC(C)C)(OCC)OCC. The minimum atomic E-state index is -1.95. The third kappa shape index (κ3) is 8.94. The van der Waals surface area contributed by atoms with Crippen LogP contribution in [-0.2, 0) is 17.3 Å². The summed E-state index contributed by atoms with van der Waals surface area (Å²) >= 11 is 0. The third-order valence-corrected chi connectivity index (χ3v) is 5.86. The van der Waals surface area contributed by atoms with Crippen LogP contribution in [0.2, 0.25) is 0 Å². The second-order valence-electron chi connectivity index (χ2n) is 6.57. The number of hydrogen-bond donors (Lipinski definition) is 1. The Labute approximate surface area is 144 Å². The van der Waals surface area contributed by atoms with E-state index in [1.165, 1.54) is 0 Å². The number of amides is 1. The summed E-state index contributed by atoms with van der Waals surface area (Å²) in [5.74, 6) is 1.28. The molecule has 0 aromatic rings. The zero-order valence-corrected chi connectivity index (χ0v) is 16.9. The normalized spacial score (nSPS) is 13.4. The van der Waals surface area contributed by atoms with E-state index in [0.29, 0.717) is 38.0 Å². The second-order valence-corrected chi connectivity index (χ2v) is 8.80. The Morgan fingerprint density at radius 2 is 1.52 bits per heavy atom. The molecule has 0 saturated carbocycles. The van der Waals surface area contributed by atoms with Crippen LogP contribution in [-0.4, -0.2) is 38.0 Å². The van der Waals surface area contributed by atoms with Crippen LogP contribution in [0.3, 0.4) is 0 Å². The van der Waals surface area contributed by atoms with Crippen molar-refractivity contribution in [2.75, 3.05) is 32.1 Å². The van der Waals surface area contributed by atoms with E-state index >= 15 is 0 Å². The van der Waals surface area contributed by atoms with E-state index in [9.17, 15) is 4.79 Å². The number of hydrogen-bond acceptors (Lipinski definition) is 4. The lowest BCUT2D eigenvalue weighted by molar-refractivity contribution is -0.130. The highest BCUT2D eigenvalue weighted by Crippen LogP contribution is 2.51. The molecule has 0 atom stereocenters. The average molecular weight is 352 g/mol. The lowest BCUT2D eigenvalue weighted by Gasteiger charge is -2.36. The van der Waals surface area contributed by atoms with Crippen LogP contribution in [0, 0.1) is 11.3 Å². The first-order chi connectivity index (χ1) is 10.7. The molecule has 0 rings (SSSR count). The number of rotatable bonds is 13. The molecule has 0 spiro atoms. The topological polar surface area (TPSA) is 56.8 Å². The molecule has 1 N–H and O–H groups in total. The lowest BCUT2D eigenvalue weighted by atomic mass is 9.83. The van der Waals surface area contributed by atoms with Crippen LogP contribution < -0.4 is 5.32 Å². The van der Waals surface area contributed by atoms with E-state index < -0.39 is 10.9 Å². The van der Waals surface area contributed by atoms with E-state index in [1.54, 1.807) is 0 Å². The van der Waals surface area contributed by atoms with Crippen LogP contribution in [0.25, 0.3) is 0 Å². The zero-order valence-electron chi connectivity index (χ0n) is 16.1. The van der Waals surface area contributed by atoms with Gasteiger partial charge in [0.05, 0.1) is 30.7 Å². The smallest absolute Gasteiger partial charge is 0.225 e. The summed E-state index contributed by atoms with van der Waals surface area (Å²) in [7, 11) is -1.95. The van der Waals surface area contributed by atoms with Crippen LogP contribution in [0.4, 0.5) is 0 Å². The van der Waals surface area contributed by atoms with Gasteiger partial charge in [-0.15, -0.1) is 0 Å². The van der Waals surface area contributed by atoms with Crippen molar-refractivity contribution in [2.45, 2.75) is 61.3 Å². The van der Waals surface area contributed by atoms with E-state index in [1.807, 2.05) is 34.6 Å². The summed E-state index contributed by atoms with van der Waals surface area (Å²) in [5, 5.41) is 3.03. The fourth-order valence-electron chi connectivity index (χ4n) is 2.62. The largest absolute Gasteiger partial charge is 0.356 e. The molecule has 23 heavy (non-hydrogen) atoms. The third-order valence-electron chi connectivity index (χ3n) is 3.28. The van der Waals surface area contributed by atoms with Crippen LogP contribution in [0.5, 0.6) is 0 Å². The quantitative estimate of drug-likeness (QED) is 0.505. The van der Waals surface area contributed by atoms with Gasteiger partial charge in [0, 0.05) is 17.7 Å². The number of nitrogens with one attached hydrogen (secondary N) is 1. The zero-order chi connectivity index (χ0) is 17.9. The second kappa shape index (κ2) is 11.3. The highest BCUT2D eigenvalue weighted by atomic mass is 32.3. The maximum Gasteiger partial charge on any atom is 0.225 e. The number of carbonyl (C=O) groups is 1. The van der Waals surface area contributed by atoms with Gasteiger partial charge in [-0.3, -0.25) is 17.3 Å². The summed E-state index contributed by atoms with van der Waals surface area (Å²) in [4.78, 5) is 12.3. The van der Waals surface area contributed by atoms with Gasteiger partial charge in [-0.25, -0.2) is 0 Å². The van der Waals surface area contributed by atoms with Crippen molar-refractivity contribution >= 4 is 16.8 Å². The van der Waals surface area contributed by atoms with E-state index in [2.05, 4.69) is 19.2 Å². The molecule has 0 bridgehead atoms. The molecule has 0 aliphatic heterocycles. The standard InChI is InChI=1S/C17H37NO4S/c1-8-20-23(21-9-2,22-10-3)13-11-12-18-16(19)17(6,7)14-15(4)5/h15H,8-14H2,1-7H3,(H,18,19). The molecular weight excluding hydrogens is 314 g/mol. The first kappa shape index (κ1) is 22.7. The fraction of sp³-hybridized carbons (Fsp3) is 0.941. The van der Waals surface area contributed by atoms with Gasteiger partial charge in [-0.2, -0.15) is 0 Å². The molecule has 1 amide bonds. The molecule has 0 unspecified atom stereocenters. The molecule has 0 aliphatic rings. The lowest BCUT2D eigenvalue weighted by Crippen LogP contribution is -2.38. The highest BCUT2D eigenvalue weighted by molar-refractivity contribution is 8.21. The van der Waals surface area contributed by atoms with Gasteiger partial charge < -0.3 is 5.32 Å². The van der Waals surface area contributed by atoms with Crippen LogP contribution in [0.15, 0.2) is 0 Å². The molecule has 0 aromatic carbocycles. The summed E-state index contributed by atoms with van der Waals surface area (Å²) in [6, 6.07) is 0. The van der Waals surface area contributed by atoms with E-state index in [-0.39, 0.29) is 11.3 Å². The minimum Gasteiger partial charge on any atom is -0.356 e. The van der Waals surface area contributed by atoms with Crippen molar-refractivity contribution in [3.63, 3.8) is 0 Å². The van der Waals surface area contributed by atoms with Gasteiger partial charge in [0.2, 0.25) is 5.91 Å². The van der Waals surface area contributed by atoms with Gasteiger partial charge in [-0.1, -0.05) is 27.7 Å². The maximum absolute atomic E-state index is 12.3. The van der Waals surface area contributed by atoms with Crippen molar-refractivity contribution in [3.8, 4) is 0 Å². The first-order valence-corrected chi connectivity index (χ1v) is 10.3. The van der Waals surface area contributed by atoms with Crippen molar-refractivity contribution in [2.24, 2.45) is 11.3 Å². The number of carbonyl (C=O) groups excluding carboxylic acids is 1. The Morgan fingerprint density at radius 3 is 1.91 bits per heavy atom. The van der Waals surface area contributed by atoms with Gasteiger partial charge in [0.25, 0.3) is 0 Å². The van der Waals surface area contributed by atoms with E-state index in [0.717, 1.165) is 12.8 Å². The molecule has 6 heteroatoms. The molecule has 0 aromatic heterocycles. The maximum atomic E-state index is 12.3. The Hall–Kier alpha value is -0.300. The Bertz CT molecular complexity index is 318. The van der Waals surface area contributed by atoms with Crippen molar-refractivity contribution in [3.05, 3.63) is 0 Å². The minimum absolute atomic E-state index is 0.107.